The number of halogens is 1. The van der Waals surface area contributed by atoms with Crippen LogP contribution in [-0.2, 0) is 6.42 Å². The first-order valence-electron chi connectivity index (χ1n) is 7.16. The quantitative estimate of drug-likeness (QED) is 0.528. The van der Waals surface area contributed by atoms with Crippen molar-refractivity contribution in [2.24, 2.45) is 0 Å². The summed E-state index contributed by atoms with van der Waals surface area (Å²) in [7, 11) is 0. The van der Waals surface area contributed by atoms with Gasteiger partial charge in [-0.05, 0) is 48.7 Å². The molecular formula is C17H22BrNO4. The smallest absolute Gasteiger partial charge is 0.119 e. The van der Waals surface area contributed by atoms with E-state index in [-0.39, 0.29) is 40.3 Å². The van der Waals surface area contributed by atoms with E-state index in [0.717, 1.165) is 12.0 Å². The summed E-state index contributed by atoms with van der Waals surface area (Å²) >= 11 is 0. The summed E-state index contributed by atoms with van der Waals surface area (Å²) < 4.78 is 0. The molecule has 126 valence electrons. The zero-order valence-electron chi connectivity index (χ0n) is 12.8. The fourth-order valence-corrected chi connectivity index (χ4v) is 2.30. The summed E-state index contributed by atoms with van der Waals surface area (Å²) in [6, 6.07) is 11.2. The molecule has 5 nitrogen and oxygen atoms in total. The predicted molar refractivity (Wildman–Crippen MR) is 94.3 cm³/mol. The van der Waals surface area contributed by atoms with E-state index in [1.54, 1.807) is 12.1 Å². The van der Waals surface area contributed by atoms with E-state index in [0.29, 0.717) is 12.1 Å². The van der Waals surface area contributed by atoms with Crippen molar-refractivity contribution in [3.63, 3.8) is 0 Å². The predicted octanol–water partition coefficient (Wildman–Crippen LogP) is 2.64. The lowest BCUT2D eigenvalue weighted by atomic mass is 10.1. The van der Waals surface area contributed by atoms with Crippen LogP contribution in [0, 0.1) is 0 Å². The van der Waals surface area contributed by atoms with E-state index in [9.17, 15) is 20.4 Å². The van der Waals surface area contributed by atoms with Crippen molar-refractivity contribution in [3.05, 3.63) is 53.6 Å². The van der Waals surface area contributed by atoms with Crippen molar-refractivity contribution in [1.29, 1.82) is 0 Å². The van der Waals surface area contributed by atoms with Gasteiger partial charge in [0, 0.05) is 18.7 Å². The number of hydrogen-bond donors (Lipinski definition) is 5. The second-order valence-corrected chi connectivity index (χ2v) is 5.48. The highest BCUT2D eigenvalue weighted by Crippen LogP contribution is 2.24. The standard InChI is InChI=1S/C17H21NO4.BrH/c1-11(6-12-2-4-14(19)5-3-12)18-10-17(22)13-7-15(20)9-16(21)8-13;/h2-5,7-9,11,17-22H,6,10H2,1H3;1H/t11-,17-;/m0./s1. The molecule has 23 heavy (non-hydrogen) atoms. The molecule has 0 amide bonds. The van der Waals surface area contributed by atoms with E-state index >= 15 is 0 Å². The van der Waals surface area contributed by atoms with Crippen molar-refractivity contribution >= 4 is 17.0 Å². The van der Waals surface area contributed by atoms with Gasteiger partial charge in [0.05, 0.1) is 6.10 Å². The summed E-state index contributed by atoms with van der Waals surface area (Å²) in [6.07, 6.45) is -0.0570. The zero-order chi connectivity index (χ0) is 16.1. The third-order valence-corrected chi connectivity index (χ3v) is 3.45. The van der Waals surface area contributed by atoms with E-state index in [2.05, 4.69) is 5.32 Å². The van der Waals surface area contributed by atoms with Crippen LogP contribution in [0.1, 0.15) is 24.2 Å². The number of hydrogen-bond acceptors (Lipinski definition) is 5. The molecule has 0 aliphatic heterocycles. The Labute approximate surface area is 146 Å². The Bertz CT molecular complexity index is 598. The maximum atomic E-state index is 10.1. The molecule has 2 aromatic carbocycles. The minimum absolute atomic E-state index is 0. The van der Waals surface area contributed by atoms with Crippen LogP contribution in [0.3, 0.4) is 0 Å². The lowest BCUT2D eigenvalue weighted by molar-refractivity contribution is 0.170. The molecule has 0 aromatic heterocycles. The minimum atomic E-state index is -0.819. The molecule has 0 aliphatic carbocycles. The Kier molecular flexibility index (Phi) is 7.35. The minimum Gasteiger partial charge on any atom is -0.508 e. The summed E-state index contributed by atoms with van der Waals surface area (Å²) in [6.45, 7) is 2.31. The molecule has 6 heteroatoms. The van der Waals surface area contributed by atoms with Crippen molar-refractivity contribution < 1.29 is 20.4 Å². The van der Waals surface area contributed by atoms with Gasteiger partial charge in [-0.2, -0.15) is 0 Å². The first-order chi connectivity index (χ1) is 10.4. The van der Waals surface area contributed by atoms with Gasteiger partial charge in [0.25, 0.3) is 0 Å². The Balaban J connectivity index is 0.00000264. The fraction of sp³-hybridized carbons (Fsp3) is 0.294. The Hall–Kier alpha value is -1.76. The molecular weight excluding hydrogens is 362 g/mol. The molecule has 2 rings (SSSR count). The van der Waals surface area contributed by atoms with Gasteiger partial charge in [0.1, 0.15) is 17.2 Å². The van der Waals surface area contributed by atoms with Gasteiger partial charge in [-0.3, -0.25) is 0 Å². The Morgan fingerprint density at radius 1 is 0.913 bits per heavy atom. The van der Waals surface area contributed by atoms with Crippen LogP contribution in [-0.4, -0.2) is 33.0 Å². The van der Waals surface area contributed by atoms with Gasteiger partial charge in [-0.1, -0.05) is 12.1 Å². The lowest BCUT2D eigenvalue weighted by Gasteiger charge is -2.18. The molecule has 0 bridgehead atoms. The van der Waals surface area contributed by atoms with E-state index < -0.39 is 6.10 Å². The molecule has 2 atom stereocenters. The van der Waals surface area contributed by atoms with Crippen LogP contribution in [0.15, 0.2) is 42.5 Å². The molecule has 0 unspecified atom stereocenters. The average Bonchev–Trinajstić information content (AvgIpc) is 2.46. The Morgan fingerprint density at radius 2 is 1.48 bits per heavy atom. The van der Waals surface area contributed by atoms with Crippen LogP contribution in [0.25, 0.3) is 0 Å². The van der Waals surface area contributed by atoms with Gasteiger partial charge in [-0.15, -0.1) is 17.0 Å². The third-order valence-electron chi connectivity index (χ3n) is 3.45. The zero-order valence-corrected chi connectivity index (χ0v) is 14.5. The third kappa shape index (κ3) is 6.09. The summed E-state index contributed by atoms with van der Waals surface area (Å²) in [5, 5.41) is 41.4. The molecule has 0 saturated carbocycles. The highest BCUT2D eigenvalue weighted by atomic mass is 79.9. The van der Waals surface area contributed by atoms with E-state index in [4.69, 9.17) is 0 Å². The van der Waals surface area contributed by atoms with Crippen molar-refractivity contribution in [2.45, 2.75) is 25.5 Å². The van der Waals surface area contributed by atoms with Gasteiger partial charge in [0.15, 0.2) is 0 Å². The first kappa shape index (κ1) is 19.3. The highest BCUT2D eigenvalue weighted by molar-refractivity contribution is 8.93. The number of phenols is 3. The van der Waals surface area contributed by atoms with Crippen LogP contribution in [0.2, 0.25) is 0 Å². The van der Waals surface area contributed by atoms with Crippen molar-refractivity contribution in [1.82, 2.24) is 5.32 Å². The number of aromatic hydroxyl groups is 3. The summed E-state index contributed by atoms with van der Waals surface area (Å²) in [5.41, 5.74) is 1.55. The first-order valence-corrected chi connectivity index (χ1v) is 7.16. The van der Waals surface area contributed by atoms with E-state index in [1.165, 1.54) is 18.2 Å². The van der Waals surface area contributed by atoms with Crippen molar-refractivity contribution in [3.8, 4) is 17.2 Å². The maximum Gasteiger partial charge on any atom is 0.119 e. The number of aliphatic hydroxyl groups is 1. The van der Waals surface area contributed by atoms with Gasteiger partial charge >= 0.3 is 0 Å². The number of phenolic OH excluding ortho intramolecular Hbond substituents is 3. The normalized spacial score (nSPS) is 13.1. The van der Waals surface area contributed by atoms with Crippen LogP contribution < -0.4 is 5.32 Å². The van der Waals surface area contributed by atoms with Crippen LogP contribution in [0.5, 0.6) is 17.2 Å². The monoisotopic (exact) mass is 383 g/mol. The summed E-state index contributed by atoms with van der Waals surface area (Å²) in [5.74, 6) is 0.0841. The lowest BCUT2D eigenvalue weighted by Crippen LogP contribution is -2.32. The summed E-state index contributed by atoms with van der Waals surface area (Å²) in [4.78, 5) is 0. The number of nitrogens with one attached hydrogen (secondary N) is 1. The number of rotatable bonds is 6. The van der Waals surface area contributed by atoms with Gasteiger partial charge in [0.2, 0.25) is 0 Å². The maximum absolute atomic E-state index is 10.1. The average molecular weight is 384 g/mol. The van der Waals surface area contributed by atoms with Crippen LogP contribution >= 0.6 is 17.0 Å². The SMILES string of the molecule is Br.C[C@@H](Cc1ccc(O)cc1)NC[C@H](O)c1cc(O)cc(O)c1. The largest absolute Gasteiger partial charge is 0.508 e. The number of aliphatic hydroxyl groups excluding tert-OH is 1. The fourth-order valence-electron chi connectivity index (χ4n) is 2.30. The van der Waals surface area contributed by atoms with Crippen molar-refractivity contribution in [2.75, 3.05) is 6.54 Å². The Morgan fingerprint density at radius 3 is 2.04 bits per heavy atom. The molecule has 0 spiro atoms. The molecule has 0 heterocycles. The van der Waals surface area contributed by atoms with Crippen LogP contribution in [0.4, 0.5) is 0 Å². The molecule has 5 N–H and O–H groups in total. The molecule has 0 saturated heterocycles. The van der Waals surface area contributed by atoms with E-state index in [1.807, 2.05) is 19.1 Å². The number of benzene rings is 2. The molecule has 0 radical (unpaired) electrons. The second kappa shape index (κ2) is 8.76. The molecule has 0 aliphatic rings. The topological polar surface area (TPSA) is 93.0 Å². The second-order valence-electron chi connectivity index (χ2n) is 5.48. The molecule has 0 fully saturated rings. The highest BCUT2D eigenvalue weighted by Gasteiger charge is 2.12. The molecule has 2 aromatic rings. The van der Waals surface area contributed by atoms with Gasteiger partial charge < -0.3 is 25.7 Å². The van der Waals surface area contributed by atoms with Gasteiger partial charge in [-0.25, -0.2) is 0 Å².